The Morgan fingerprint density at radius 3 is 2.53 bits per heavy atom. The molecule has 1 saturated carbocycles. The van der Waals surface area contributed by atoms with Crippen LogP contribution in [0.3, 0.4) is 0 Å². The summed E-state index contributed by atoms with van der Waals surface area (Å²) in [4.78, 5) is 2.74. The summed E-state index contributed by atoms with van der Waals surface area (Å²) in [5.74, 6) is 2.63. The van der Waals surface area contributed by atoms with Crippen molar-refractivity contribution < 1.29 is 0 Å². The summed E-state index contributed by atoms with van der Waals surface area (Å²) >= 11 is 0. The third-order valence-electron chi connectivity index (χ3n) is 4.66. The highest BCUT2D eigenvalue weighted by Crippen LogP contribution is 2.44. The molecular formula is C15H30N2. The van der Waals surface area contributed by atoms with Crippen molar-refractivity contribution in [2.75, 3.05) is 26.2 Å². The predicted molar refractivity (Wildman–Crippen MR) is 74.2 cm³/mol. The van der Waals surface area contributed by atoms with Gasteiger partial charge in [-0.2, -0.15) is 0 Å². The summed E-state index contributed by atoms with van der Waals surface area (Å²) in [5, 5.41) is 3.62. The van der Waals surface area contributed by atoms with Gasteiger partial charge in [-0.1, -0.05) is 13.8 Å². The fourth-order valence-electron chi connectivity index (χ4n) is 3.15. The number of likely N-dealkylation sites (tertiary alicyclic amines) is 1. The fraction of sp³-hybridized carbons (Fsp3) is 1.00. The van der Waals surface area contributed by atoms with Crippen LogP contribution in [0.2, 0.25) is 0 Å². The lowest BCUT2D eigenvalue weighted by Gasteiger charge is -2.36. The van der Waals surface area contributed by atoms with Gasteiger partial charge in [-0.25, -0.2) is 0 Å². The molecule has 0 aromatic heterocycles. The van der Waals surface area contributed by atoms with Gasteiger partial charge in [0.15, 0.2) is 0 Å². The van der Waals surface area contributed by atoms with Crippen molar-refractivity contribution in [1.29, 1.82) is 0 Å². The van der Waals surface area contributed by atoms with Gasteiger partial charge in [0.1, 0.15) is 0 Å². The van der Waals surface area contributed by atoms with E-state index in [1.807, 2.05) is 0 Å². The molecule has 1 aliphatic carbocycles. The molecule has 2 fully saturated rings. The number of hydrogen-bond donors (Lipinski definition) is 1. The summed E-state index contributed by atoms with van der Waals surface area (Å²) in [6.45, 7) is 14.5. The molecule has 0 spiro atoms. The van der Waals surface area contributed by atoms with E-state index in [1.54, 1.807) is 0 Å². The molecule has 100 valence electrons. The third kappa shape index (κ3) is 3.45. The zero-order valence-corrected chi connectivity index (χ0v) is 12.1. The van der Waals surface area contributed by atoms with E-state index in [2.05, 4.69) is 37.9 Å². The molecule has 1 saturated heterocycles. The second-order valence-corrected chi connectivity index (χ2v) is 7.08. The molecule has 1 heterocycles. The summed E-state index contributed by atoms with van der Waals surface area (Å²) < 4.78 is 0. The average molecular weight is 238 g/mol. The summed E-state index contributed by atoms with van der Waals surface area (Å²) in [6, 6.07) is 0. The Balaban J connectivity index is 1.71. The molecule has 1 aliphatic heterocycles. The molecule has 1 N–H and O–H groups in total. The van der Waals surface area contributed by atoms with Gasteiger partial charge in [0.25, 0.3) is 0 Å². The van der Waals surface area contributed by atoms with Gasteiger partial charge in [0, 0.05) is 12.1 Å². The number of hydrogen-bond acceptors (Lipinski definition) is 2. The average Bonchev–Trinajstić information content (AvgIpc) is 2.99. The lowest BCUT2D eigenvalue weighted by molar-refractivity contribution is 0.125. The van der Waals surface area contributed by atoms with Gasteiger partial charge >= 0.3 is 0 Å². The minimum atomic E-state index is 0.465. The van der Waals surface area contributed by atoms with E-state index in [-0.39, 0.29) is 0 Å². The summed E-state index contributed by atoms with van der Waals surface area (Å²) in [5.41, 5.74) is 0.465. The third-order valence-corrected chi connectivity index (χ3v) is 4.66. The highest BCUT2D eigenvalue weighted by Gasteiger charge is 2.43. The molecule has 0 aromatic rings. The Bertz CT molecular complexity index is 243. The van der Waals surface area contributed by atoms with Crippen molar-refractivity contribution in [2.45, 2.75) is 52.5 Å². The molecule has 0 amide bonds. The SMILES string of the molecule is CC(C)CNCC1CCN(C(C)(C)C2CC2)C1. The van der Waals surface area contributed by atoms with E-state index in [0.717, 1.165) is 17.8 Å². The Kier molecular flexibility index (Phi) is 4.14. The molecule has 2 heteroatoms. The van der Waals surface area contributed by atoms with Gasteiger partial charge in [-0.3, -0.25) is 4.90 Å². The van der Waals surface area contributed by atoms with Crippen LogP contribution in [-0.4, -0.2) is 36.6 Å². The molecule has 2 rings (SSSR count). The first-order chi connectivity index (χ1) is 8.00. The van der Waals surface area contributed by atoms with E-state index >= 15 is 0 Å². The Morgan fingerprint density at radius 1 is 1.24 bits per heavy atom. The first kappa shape index (κ1) is 13.4. The maximum atomic E-state index is 3.62. The lowest BCUT2D eigenvalue weighted by atomic mass is 9.96. The van der Waals surface area contributed by atoms with Crippen LogP contribution in [0.15, 0.2) is 0 Å². The molecule has 0 radical (unpaired) electrons. The van der Waals surface area contributed by atoms with E-state index < -0.39 is 0 Å². The van der Waals surface area contributed by atoms with Crippen LogP contribution < -0.4 is 5.32 Å². The van der Waals surface area contributed by atoms with Gasteiger partial charge in [0.2, 0.25) is 0 Å². The van der Waals surface area contributed by atoms with Gasteiger partial charge in [0.05, 0.1) is 0 Å². The Hall–Kier alpha value is -0.0800. The molecule has 1 unspecified atom stereocenters. The van der Waals surface area contributed by atoms with Crippen molar-refractivity contribution in [3.8, 4) is 0 Å². The molecule has 0 bridgehead atoms. The van der Waals surface area contributed by atoms with Gasteiger partial charge in [-0.15, -0.1) is 0 Å². The molecule has 0 aromatic carbocycles. The Labute approximate surface area is 107 Å². The zero-order chi connectivity index (χ0) is 12.5. The van der Waals surface area contributed by atoms with Crippen molar-refractivity contribution in [3.63, 3.8) is 0 Å². The second-order valence-electron chi connectivity index (χ2n) is 7.08. The lowest BCUT2D eigenvalue weighted by Crippen LogP contribution is -2.44. The first-order valence-electron chi connectivity index (χ1n) is 7.46. The van der Waals surface area contributed by atoms with Crippen molar-refractivity contribution in [1.82, 2.24) is 10.2 Å². The van der Waals surface area contributed by atoms with E-state index in [9.17, 15) is 0 Å². The fourth-order valence-corrected chi connectivity index (χ4v) is 3.15. The largest absolute Gasteiger partial charge is 0.316 e. The van der Waals surface area contributed by atoms with E-state index in [1.165, 1.54) is 45.4 Å². The smallest absolute Gasteiger partial charge is 0.0181 e. The minimum absolute atomic E-state index is 0.465. The summed E-state index contributed by atoms with van der Waals surface area (Å²) in [7, 11) is 0. The highest BCUT2D eigenvalue weighted by atomic mass is 15.2. The van der Waals surface area contributed by atoms with Crippen molar-refractivity contribution >= 4 is 0 Å². The van der Waals surface area contributed by atoms with Crippen molar-refractivity contribution in [3.05, 3.63) is 0 Å². The van der Waals surface area contributed by atoms with E-state index in [4.69, 9.17) is 0 Å². The predicted octanol–water partition coefficient (Wildman–Crippen LogP) is 2.74. The van der Waals surface area contributed by atoms with Crippen LogP contribution in [0.25, 0.3) is 0 Å². The number of rotatable bonds is 6. The summed E-state index contributed by atoms with van der Waals surface area (Å²) in [6.07, 6.45) is 4.31. The van der Waals surface area contributed by atoms with Gasteiger partial charge < -0.3 is 5.32 Å². The minimum Gasteiger partial charge on any atom is -0.316 e. The standard InChI is InChI=1S/C15H30N2/c1-12(2)9-16-10-13-7-8-17(11-13)15(3,4)14-5-6-14/h12-14,16H,5-11H2,1-4H3. The van der Waals surface area contributed by atoms with E-state index in [0.29, 0.717) is 5.54 Å². The van der Waals surface area contributed by atoms with Crippen LogP contribution in [0, 0.1) is 17.8 Å². The zero-order valence-electron chi connectivity index (χ0n) is 12.1. The maximum Gasteiger partial charge on any atom is 0.0181 e. The van der Waals surface area contributed by atoms with Crippen molar-refractivity contribution in [2.24, 2.45) is 17.8 Å². The molecule has 2 aliphatic rings. The normalized spacial score (nSPS) is 27.0. The van der Waals surface area contributed by atoms with Crippen LogP contribution in [0.1, 0.15) is 47.0 Å². The maximum absolute atomic E-state index is 3.62. The number of nitrogens with one attached hydrogen (secondary N) is 1. The van der Waals surface area contributed by atoms with Crippen LogP contribution in [0.5, 0.6) is 0 Å². The molecule has 17 heavy (non-hydrogen) atoms. The Morgan fingerprint density at radius 2 is 1.94 bits per heavy atom. The topological polar surface area (TPSA) is 15.3 Å². The quantitative estimate of drug-likeness (QED) is 0.765. The van der Waals surface area contributed by atoms with Crippen LogP contribution >= 0.6 is 0 Å². The van der Waals surface area contributed by atoms with Crippen LogP contribution in [0.4, 0.5) is 0 Å². The molecule has 2 nitrogen and oxygen atoms in total. The highest BCUT2D eigenvalue weighted by molar-refractivity contribution is 4.98. The van der Waals surface area contributed by atoms with Gasteiger partial charge in [-0.05, 0) is 70.5 Å². The first-order valence-corrected chi connectivity index (χ1v) is 7.46. The van der Waals surface area contributed by atoms with Crippen LogP contribution in [-0.2, 0) is 0 Å². The molecular weight excluding hydrogens is 208 g/mol. The number of nitrogens with zero attached hydrogens (tertiary/aromatic N) is 1. The monoisotopic (exact) mass is 238 g/mol. The molecule has 1 atom stereocenters. The second kappa shape index (κ2) is 5.27.